The molecule has 0 aliphatic rings. The number of nitrogens with two attached hydrogens (primary N) is 1. The molecule has 2 rings (SSSR count). The molecule has 0 spiro atoms. The molecule has 3 N–H and O–H groups in total. The summed E-state index contributed by atoms with van der Waals surface area (Å²) in [5.74, 6) is 0.855. The van der Waals surface area contributed by atoms with E-state index in [-0.39, 0.29) is 6.04 Å². The van der Waals surface area contributed by atoms with Crippen LogP contribution in [0.2, 0.25) is 0 Å². The Hall–Kier alpha value is -2.02. The molecular formula is C11H14N6S. The monoisotopic (exact) mass is 262 g/mol. The van der Waals surface area contributed by atoms with Gasteiger partial charge in [-0.2, -0.15) is 0 Å². The number of aryl methyl sites for hydroxylation is 1. The maximum Gasteiger partial charge on any atom is 0.154 e. The van der Waals surface area contributed by atoms with Crippen LogP contribution in [0.15, 0.2) is 24.7 Å². The lowest BCUT2D eigenvalue weighted by Gasteiger charge is -2.14. The summed E-state index contributed by atoms with van der Waals surface area (Å²) in [5, 5.41) is 11.2. The molecule has 2 heterocycles. The predicted molar refractivity (Wildman–Crippen MR) is 73.2 cm³/mol. The Balaban J connectivity index is 2.10. The Morgan fingerprint density at radius 3 is 2.78 bits per heavy atom. The van der Waals surface area contributed by atoms with Crippen LogP contribution in [0.4, 0.5) is 5.69 Å². The third-order valence-corrected chi connectivity index (χ3v) is 2.74. The topological polar surface area (TPSA) is 81.7 Å². The van der Waals surface area contributed by atoms with Gasteiger partial charge in [0.2, 0.25) is 0 Å². The molecule has 0 radical (unpaired) electrons. The first-order valence-electron chi connectivity index (χ1n) is 5.44. The minimum Gasteiger partial charge on any atom is -0.388 e. The van der Waals surface area contributed by atoms with Crippen molar-refractivity contribution in [1.29, 1.82) is 0 Å². The van der Waals surface area contributed by atoms with E-state index in [1.807, 2.05) is 24.6 Å². The SMILES string of the molecule is CC(Nc1ccc(C(N)=S)nc1)c1nncn1C. The highest BCUT2D eigenvalue weighted by molar-refractivity contribution is 7.80. The molecule has 2 aromatic heterocycles. The Bertz CT molecular complexity index is 547. The summed E-state index contributed by atoms with van der Waals surface area (Å²) in [6.45, 7) is 2.01. The van der Waals surface area contributed by atoms with Crippen molar-refractivity contribution in [2.45, 2.75) is 13.0 Å². The Morgan fingerprint density at radius 1 is 1.50 bits per heavy atom. The molecule has 1 unspecified atom stereocenters. The van der Waals surface area contributed by atoms with Gasteiger partial charge < -0.3 is 15.6 Å². The van der Waals surface area contributed by atoms with Crippen molar-refractivity contribution in [3.8, 4) is 0 Å². The van der Waals surface area contributed by atoms with Gasteiger partial charge in [-0.15, -0.1) is 10.2 Å². The van der Waals surface area contributed by atoms with Crippen LogP contribution in [0.1, 0.15) is 24.5 Å². The summed E-state index contributed by atoms with van der Waals surface area (Å²) in [4.78, 5) is 4.46. The Kier molecular flexibility index (Phi) is 3.52. The Labute approximate surface area is 110 Å². The normalized spacial score (nSPS) is 12.1. The number of nitrogens with one attached hydrogen (secondary N) is 1. The van der Waals surface area contributed by atoms with E-state index in [1.165, 1.54) is 0 Å². The molecule has 94 valence electrons. The molecule has 18 heavy (non-hydrogen) atoms. The number of anilines is 1. The number of thiocarbonyl (C=S) groups is 1. The molecule has 0 fully saturated rings. The lowest BCUT2D eigenvalue weighted by Crippen LogP contribution is -2.14. The molecule has 0 aliphatic carbocycles. The number of rotatable bonds is 4. The van der Waals surface area contributed by atoms with Crippen molar-refractivity contribution in [1.82, 2.24) is 19.7 Å². The quantitative estimate of drug-likeness (QED) is 0.801. The van der Waals surface area contributed by atoms with E-state index < -0.39 is 0 Å². The van der Waals surface area contributed by atoms with Gasteiger partial charge in [0.05, 0.1) is 23.6 Å². The zero-order valence-electron chi connectivity index (χ0n) is 10.2. The molecule has 2 aromatic rings. The number of nitrogens with zero attached hydrogens (tertiary/aromatic N) is 4. The van der Waals surface area contributed by atoms with Crippen LogP contribution in [-0.2, 0) is 7.05 Å². The fourth-order valence-corrected chi connectivity index (χ4v) is 1.74. The van der Waals surface area contributed by atoms with Gasteiger partial charge in [-0.1, -0.05) is 12.2 Å². The van der Waals surface area contributed by atoms with E-state index in [0.29, 0.717) is 10.7 Å². The molecule has 0 saturated heterocycles. The van der Waals surface area contributed by atoms with E-state index in [2.05, 4.69) is 20.5 Å². The molecule has 0 aromatic carbocycles. The summed E-state index contributed by atoms with van der Waals surface area (Å²) in [7, 11) is 1.90. The highest BCUT2D eigenvalue weighted by atomic mass is 32.1. The maximum atomic E-state index is 5.49. The van der Waals surface area contributed by atoms with E-state index in [1.54, 1.807) is 18.6 Å². The Morgan fingerprint density at radius 2 is 2.28 bits per heavy atom. The number of hydrogen-bond donors (Lipinski definition) is 2. The van der Waals surface area contributed by atoms with Crippen molar-refractivity contribution in [2.24, 2.45) is 12.8 Å². The van der Waals surface area contributed by atoms with Gasteiger partial charge in [0, 0.05) is 7.05 Å². The van der Waals surface area contributed by atoms with Crippen LogP contribution < -0.4 is 11.1 Å². The van der Waals surface area contributed by atoms with E-state index in [4.69, 9.17) is 18.0 Å². The molecule has 1 atom stereocenters. The van der Waals surface area contributed by atoms with Gasteiger partial charge in [0.1, 0.15) is 11.3 Å². The smallest absolute Gasteiger partial charge is 0.154 e. The second-order valence-electron chi connectivity index (χ2n) is 3.96. The molecule has 0 bridgehead atoms. The lowest BCUT2D eigenvalue weighted by molar-refractivity contribution is 0.719. The van der Waals surface area contributed by atoms with Crippen LogP contribution >= 0.6 is 12.2 Å². The largest absolute Gasteiger partial charge is 0.388 e. The van der Waals surface area contributed by atoms with Crippen molar-refractivity contribution < 1.29 is 0 Å². The minimum atomic E-state index is 0.0370. The van der Waals surface area contributed by atoms with Crippen LogP contribution in [0, 0.1) is 0 Å². The van der Waals surface area contributed by atoms with Crippen molar-refractivity contribution in [3.63, 3.8) is 0 Å². The molecule has 0 aliphatic heterocycles. The highest BCUT2D eigenvalue weighted by Crippen LogP contribution is 2.16. The maximum absolute atomic E-state index is 5.49. The fraction of sp³-hybridized carbons (Fsp3) is 0.273. The summed E-state index contributed by atoms with van der Waals surface area (Å²) in [6.07, 6.45) is 3.36. The second kappa shape index (κ2) is 5.09. The summed E-state index contributed by atoms with van der Waals surface area (Å²) in [5.41, 5.74) is 6.98. The lowest BCUT2D eigenvalue weighted by atomic mass is 10.2. The molecule has 0 saturated carbocycles. The van der Waals surface area contributed by atoms with Crippen molar-refractivity contribution in [2.75, 3.05) is 5.32 Å². The molecular weight excluding hydrogens is 248 g/mol. The van der Waals surface area contributed by atoms with E-state index in [0.717, 1.165) is 11.5 Å². The van der Waals surface area contributed by atoms with Gasteiger partial charge in [0.25, 0.3) is 0 Å². The number of hydrogen-bond acceptors (Lipinski definition) is 5. The molecule has 7 heteroatoms. The number of aromatic nitrogens is 4. The molecule has 6 nitrogen and oxygen atoms in total. The zero-order valence-corrected chi connectivity index (χ0v) is 11.0. The first-order chi connectivity index (χ1) is 8.58. The van der Waals surface area contributed by atoms with Crippen LogP contribution in [-0.4, -0.2) is 24.7 Å². The van der Waals surface area contributed by atoms with Crippen molar-refractivity contribution >= 4 is 22.9 Å². The van der Waals surface area contributed by atoms with Gasteiger partial charge >= 0.3 is 0 Å². The first kappa shape index (κ1) is 12.4. The fourth-order valence-electron chi connectivity index (χ4n) is 1.62. The van der Waals surface area contributed by atoms with Crippen molar-refractivity contribution in [3.05, 3.63) is 36.2 Å². The van der Waals surface area contributed by atoms with Gasteiger partial charge in [-0.25, -0.2) is 0 Å². The van der Waals surface area contributed by atoms with Gasteiger partial charge in [-0.3, -0.25) is 4.98 Å². The second-order valence-corrected chi connectivity index (χ2v) is 4.40. The summed E-state index contributed by atoms with van der Waals surface area (Å²) < 4.78 is 1.87. The third-order valence-electron chi connectivity index (χ3n) is 2.53. The predicted octanol–water partition coefficient (Wildman–Crippen LogP) is 1.02. The average molecular weight is 262 g/mol. The highest BCUT2D eigenvalue weighted by Gasteiger charge is 2.11. The van der Waals surface area contributed by atoms with Gasteiger partial charge in [0.15, 0.2) is 5.82 Å². The first-order valence-corrected chi connectivity index (χ1v) is 5.85. The van der Waals surface area contributed by atoms with E-state index in [9.17, 15) is 0 Å². The summed E-state index contributed by atoms with van der Waals surface area (Å²) >= 11 is 4.85. The standard InChI is InChI=1S/C11H14N6S/c1-7(11-16-14-6-17(11)2)15-8-3-4-9(10(12)18)13-5-8/h3-7,15H,1-2H3,(H2,12,18). The average Bonchev–Trinajstić information content (AvgIpc) is 2.76. The minimum absolute atomic E-state index is 0.0370. The number of pyridine rings is 1. The van der Waals surface area contributed by atoms with Crippen LogP contribution in [0.5, 0.6) is 0 Å². The zero-order chi connectivity index (χ0) is 13.1. The molecule has 0 amide bonds. The van der Waals surface area contributed by atoms with E-state index >= 15 is 0 Å². The van der Waals surface area contributed by atoms with Gasteiger partial charge in [-0.05, 0) is 19.1 Å². The van der Waals surface area contributed by atoms with Crippen LogP contribution in [0.3, 0.4) is 0 Å². The third kappa shape index (κ3) is 2.62. The van der Waals surface area contributed by atoms with Crippen LogP contribution in [0.25, 0.3) is 0 Å². The summed E-state index contributed by atoms with van der Waals surface area (Å²) in [6, 6.07) is 3.71.